The van der Waals surface area contributed by atoms with Crippen LogP contribution in [0, 0.1) is 5.92 Å². The second-order valence-corrected chi connectivity index (χ2v) is 5.95. The second-order valence-electron chi connectivity index (χ2n) is 5.95. The van der Waals surface area contributed by atoms with Gasteiger partial charge in [0, 0.05) is 25.9 Å². The van der Waals surface area contributed by atoms with Crippen molar-refractivity contribution >= 4 is 11.9 Å². The molecule has 2 N–H and O–H groups in total. The minimum atomic E-state index is -0.0872. The molecule has 0 spiro atoms. The monoisotopic (exact) mass is 292 g/mol. The Kier molecular flexibility index (Phi) is 5.12. The van der Waals surface area contributed by atoms with Crippen molar-refractivity contribution in [2.24, 2.45) is 5.92 Å². The van der Waals surface area contributed by atoms with E-state index in [0.717, 1.165) is 31.5 Å². The Morgan fingerprint density at radius 2 is 2.29 bits per heavy atom. The Morgan fingerprint density at radius 1 is 1.52 bits per heavy atom. The van der Waals surface area contributed by atoms with Crippen LogP contribution in [0.2, 0.25) is 0 Å². The van der Waals surface area contributed by atoms with Crippen LogP contribution < -0.4 is 5.73 Å². The molecule has 0 aromatic carbocycles. The van der Waals surface area contributed by atoms with Crippen LogP contribution in [-0.4, -0.2) is 47.1 Å². The van der Waals surface area contributed by atoms with Crippen molar-refractivity contribution < 1.29 is 9.53 Å². The molecular formula is C15H24N4O2. The van der Waals surface area contributed by atoms with Gasteiger partial charge in [-0.1, -0.05) is 13.8 Å². The highest BCUT2D eigenvalue weighted by Crippen LogP contribution is 2.16. The molecule has 0 radical (unpaired) electrons. The van der Waals surface area contributed by atoms with E-state index in [-0.39, 0.29) is 18.0 Å². The summed E-state index contributed by atoms with van der Waals surface area (Å²) in [5.74, 6) is 0.530. The molecular weight excluding hydrogens is 268 g/mol. The summed E-state index contributed by atoms with van der Waals surface area (Å²) in [6.07, 6.45) is 2.83. The van der Waals surface area contributed by atoms with Crippen LogP contribution >= 0.6 is 0 Å². The van der Waals surface area contributed by atoms with Crippen LogP contribution in [0.4, 0.5) is 5.95 Å². The number of ether oxygens (including phenoxy) is 1. The van der Waals surface area contributed by atoms with Crippen molar-refractivity contribution in [3.63, 3.8) is 0 Å². The lowest BCUT2D eigenvalue weighted by molar-refractivity contribution is 0.0265. The molecule has 1 atom stereocenters. The second kappa shape index (κ2) is 6.85. The predicted octanol–water partition coefficient (Wildman–Crippen LogP) is 1.51. The lowest BCUT2D eigenvalue weighted by Crippen LogP contribution is -2.43. The highest BCUT2D eigenvalue weighted by molar-refractivity contribution is 5.92. The van der Waals surface area contributed by atoms with Crippen LogP contribution in [0.3, 0.4) is 0 Å². The number of methoxy groups -OCH3 is 1. The number of amides is 1. The third-order valence-electron chi connectivity index (χ3n) is 3.63. The van der Waals surface area contributed by atoms with Crippen molar-refractivity contribution in [3.05, 3.63) is 17.5 Å². The van der Waals surface area contributed by atoms with Gasteiger partial charge in [-0.25, -0.2) is 9.97 Å². The number of aromatic nitrogens is 2. The van der Waals surface area contributed by atoms with E-state index in [2.05, 4.69) is 23.8 Å². The number of anilines is 1. The summed E-state index contributed by atoms with van der Waals surface area (Å²) in [6.45, 7) is 5.56. The number of carbonyl (C=O) groups is 1. The number of likely N-dealkylation sites (tertiary alicyclic amines) is 1. The van der Waals surface area contributed by atoms with Crippen molar-refractivity contribution in [2.45, 2.75) is 39.2 Å². The zero-order valence-corrected chi connectivity index (χ0v) is 13.0. The standard InChI is InChI=1S/C15H24N4O2/c1-10(2)7-11-8-13(18-15(16)17-11)14(20)19-6-4-5-12(9-19)21-3/h8,10,12H,4-7,9H2,1-3H3,(H2,16,17,18). The van der Waals surface area contributed by atoms with Gasteiger partial charge in [0.25, 0.3) is 5.91 Å². The van der Waals surface area contributed by atoms with Crippen LogP contribution in [0.25, 0.3) is 0 Å². The molecule has 0 bridgehead atoms. The molecule has 116 valence electrons. The first kappa shape index (κ1) is 15.7. The topological polar surface area (TPSA) is 81.3 Å². The first-order valence-electron chi connectivity index (χ1n) is 7.45. The van der Waals surface area contributed by atoms with Gasteiger partial charge in [0.05, 0.1) is 6.10 Å². The van der Waals surface area contributed by atoms with Gasteiger partial charge in [-0.3, -0.25) is 4.79 Å². The number of rotatable bonds is 4. The van der Waals surface area contributed by atoms with Gasteiger partial charge in [0.15, 0.2) is 0 Å². The van der Waals surface area contributed by atoms with E-state index in [1.807, 2.05) is 0 Å². The fourth-order valence-electron chi connectivity index (χ4n) is 2.63. The van der Waals surface area contributed by atoms with E-state index in [0.29, 0.717) is 18.2 Å². The zero-order valence-electron chi connectivity index (χ0n) is 13.0. The minimum Gasteiger partial charge on any atom is -0.380 e. The van der Waals surface area contributed by atoms with Crippen molar-refractivity contribution in [2.75, 3.05) is 25.9 Å². The van der Waals surface area contributed by atoms with Gasteiger partial charge in [-0.15, -0.1) is 0 Å². The number of nitrogen functional groups attached to an aromatic ring is 1. The number of carbonyl (C=O) groups excluding carboxylic acids is 1. The Morgan fingerprint density at radius 3 is 2.95 bits per heavy atom. The molecule has 1 amide bonds. The van der Waals surface area contributed by atoms with Crippen LogP contribution in [0.5, 0.6) is 0 Å². The lowest BCUT2D eigenvalue weighted by atomic mass is 10.1. The number of hydrogen-bond acceptors (Lipinski definition) is 5. The Hall–Kier alpha value is -1.69. The molecule has 1 aromatic heterocycles. The maximum absolute atomic E-state index is 12.6. The molecule has 0 saturated carbocycles. The maximum Gasteiger partial charge on any atom is 0.272 e. The quantitative estimate of drug-likeness (QED) is 0.909. The van der Waals surface area contributed by atoms with Crippen molar-refractivity contribution in [1.29, 1.82) is 0 Å². The Bertz CT molecular complexity index is 504. The molecule has 1 unspecified atom stereocenters. The predicted molar refractivity (Wildman–Crippen MR) is 80.9 cm³/mol. The van der Waals surface area contributed by atoms with Gasteiger partial charge < -0.3 is 15.4 Å². The number of nitrogens with zero attached hydrogens (tertiary/aromatic N) is 3. The number of piperidine rings is 1. The molecule has 0 aliphatic carbocycles. The molecule has 2 heterocycles. The summed E-state index contributed by atoms with van der Waals surface area (Å²) >= 11 is 0. The lowest BCUT2D eigenvalue weighted by Gasteiger charge is -2.31. The number of hydrogen-bond donors (Lipinski definition) is 1. The third-order valence-corrected chi connectivity index (χ3v) is 3.63. The van der Waals surface area contributed by atoms with Gasteiger partial charge in [-0.2, -0.15) is 0 Å². The summed E-state index contributed by atoms with van der Waals surface area (Å²) in [5.41, 5.74) is 6.94. The van der Waals surface area contributed by atoms with Gasteiger partial charge in [0.2, 0.25) is 5.95 Å². The van der Waals surface area contributed by atoms with E-state index in [1.54, 1.807) is 18.1 Å². The Balaban J connectivity index is 2.16. The summed E-state index contributed by atoms with van der Waals surface area (Å²) in [4.78, 5) is 22.7. The fraction of sp³-hybridized carbons (Fsp3) is 0.667. The average Bonchev–Trinajstić information content (AvgIpc) is 2.45. The summed E-state index contributed by atoms with van der Waals surface area (Å²) in [5, 5.41) is 0. The molecule has 1 aliphatic heterocycles. The number of nitrogens with two attached hydrogens (primary N) is 1. The van der Waals surface area contributed by atoms with E-state index < -0.39 is 0 Å². The molecule has 2 rings (SSSR count). The van der Waals surface area contributed by atoms with E-state index >= 15 is 0 Å². The van der Waals surface area contributed by atoms with Gasteiger partial charge in [-0.05, 0) is 31.2 Å². The minimum absolute atomic E-state index is 0.0872. The van der Waals surface area contributed by atoms with Crippen LogP contribution in [0.1, 0.15) is 42.9 Å². The van der Waals surface area contributed by atoms with Crippen molar-refractivity contribution in [1.82, 2.24) is 14.9 Å². The largest absolute Gasteiger partial charge is 0.380 e. The van der Waals surface area contributed by atoms with Crippen LogP contribution in [-0.2, 0) is 11.2 Å². The molecule has 1 aliphatic rings. The summed E-state index contributed by atoms with van der Waals surface area (Å²) in [7, 11) is 1.68. The maximum atomic E-state index is 12.6. The molecule has 1 saturated heterocycles. The first-order chi connectivity index (χ1) is 9.99. The molecule has 1 aromatic rings. The molecule has 21 heavy (non-hydrogen) atoms. The normalized spacial score (nSPS) is 19.0. The fourth-order valence-corrected chi connectivity index (χ4v) is 2.63. The van der Waals surface area contributed by atoms with Crippen molar-refractivity contribution in [3.8, 4) is 0 Å². The van der Waals surface area contributed by atoms with E-state index in [9.17, 15) is 4.79 Å². The smallest absolute Gasteiger partial charge is 0.272 e. The summed E-state index contributed by atoms with van der Waals surface area (Å²) < 4.78 is 5.36. The summed E-state index contributed by atoms with van der Waals surface area (Å²) in [6, 6.07) is 1.76. The van der Waals surface area contributed by atoms with Crippen LogP contribution in [0.15, 0.2) is 6.07 Å². The van der Waals surface area contributed by atoms with Gasteiger partial charge >= 0.3 is 0 Å². The molecule has 6 heteroatoms. The van der Waals surface area contributed by atoms with E-state index in [4.69, 9.17) is 10.5 Å². The molecule has 1 fully saturated rings. The first-order valence-corrected chi connectivity index (χ1v) is 7.45. The SMILES string of the molecule is COC1CCCN(C(=O)c2cc(CC(C)C)nc(N)n2)C1. The highest BCUT2D eigenvalue weighted by atomic mass is 16.5. The van der Waals surface area contributed by atoms with E-state index in [1.165, 1.54) is 0 Å². The Labute approximate surface area is 125 Å². The highest BCUT2D eigenvalue weighted by Gasteiger charge is 2.25. The average molecular weight is 292 g/mol. The zero-order chi connectivity index (χ0) is 15.4. The third kappa shape index (κ3) is 4.14. The molecule has 6 nitrogen and oxygen atoms in total. The van der Waals surface area contributed by atoms with Gasteiger partial charge in [0.1, 0.15) is 5.69 Å².